The molecule has 1 atom stereocenters. The molecular weight excluding hydrogens is 270 g/mol. The molecule has 1 N–H and O–H groups in total. The molecule has 1 aromatic heterocycles. The standard InChI is InChI=1S/C16H22ClN3/c1-12(5-4-10-20(2)3)19-15-8-9-18-16-11-13(17)6-7-14(15)16/h6-9,11-12H,4-5,10H2,1-3H3,(H,18,19)/t12-/m1/s1. The third kappa shape index (κ3) is 4.09. The van der Waals surface area contributed by atoms with Gasteiger partial charge in [-0.15, -0.1) is 0 Å². The van der Waals surface area contributed by atoms with E-state index in [0.717, 1.165) is 34.6 Å². The molecule has 0 bridgehead atoms. The van der Waals surface area contributed by atoms with Crippen LogP contribution in [-0.4, -0.2) is 36.6 Å². The summed E-state index contributed by atoms with van der Waals surface area (Å²) in [6.07, 6.45) is 4.17. The van der Waals surface area contributed by atoms with E-state index in [1.54, 1.807) is 0 Å². The fourth-order valence-corrected chi connectivity index (χ4v) is 2.46. The molecule has 0 aliphatic carbocycles. The molecule has 4 heteroatoms. The third-order valence-electron chi connectivity index (χ3n) is 3.35. The average molecular weight is 292 g/mol. The van der Waals surface area contributed by atoms with Gasteiger partial charge in [-0.3, -0.25) is 4.98 Å². The molecule has 0 saturated heterocycles. The van der Waals surface area contributed by atoms with Crippen LogP contribution in [0.4, 0.5) is 5.69 Å². The summed E-state index contributed by atoms with van der Waals surface area (Å²) in [5.74, 6) is 0. The topological polar surface area (TPSA) is 28.2 Å². The summed E-state index contributed by atoms with van der Waals surface area (Å²) in [6.45, 7) is 3.34. The predicted octanol–water partition coefficient (Wildman–Crippen LogP) is 4.03. The average Bonchev–Trinajstić information content (AvgIpc) is 2.38. The van der Waals surface area contributed by atoms with Crippen LogP contribution in [-0.2, 0) is 0 Å². The van der Waals surface area contributed by atoms with E-state index in [0.29, 0.717) is 6.04 Å². The maximum Gasteiger partial charge on any atom is 0.0737 e. The second kappa shape index (κ2) is 6.91. The monoisotopic (exact) mass is 291 g/mol. The number of halogens is 1. The molecule has 0 saturated carbocycles. The number of pyridine rings is 1. The van der Waals surface area contributed by atoms with Gasteiger partial charge in [0.05, 0.1) is 5.52 Å². The molecule has 0 unspecified atom stereocenters. The second-order valence-electron chi connectivity index (χ2n) is 5.51. The van der Waals surface area contributed by atoms with Gasteiger partial charge < -0.3 is 10.2 Å². The van der Waals surface area contributed by atoms with Crippen molar-refractivity contribution in [2.45, 2.75) is 25.8 Å². The highest BCUT2D eigenvalue weighted by Crippen LogP contribution is 2.25. The summed E-state index contributed by atoms with van der Waals surface area (Å²) in [5, 5.41) is 5.42. The highest BCUT2D eigenvalue weighted by molar-refractivity contribution is 6.31. The largest absolute Gasteiger partial charge is 0.382 e. The Hall–Kier alpha value is -1.32. The lowest BCUT2D eigenvalue weighted by molar-refractivity contribution is 0.390. The maximum absolute atomic E-state index is 6.01. The number of nitrogens with one attached hydrogen (secondary N) is 1. The van der Waals surface area contributed by atoms with Gasteiger partial charge in [-0.05, 0) is 64.7 Å². The number of nitrogens with zero attached hydrogens (tertiary/aromatic N) is 2. The van der Waals surface area contributed by atoms with Crippen LogP contribution in [0.15, 0.2) is 30.5 Å². The summed E-state index contributed by atoms with van der Waals surface area (Å²) in [6, 6.07) is 8.31. The summed E-state index contributed by atoms with van der Waals surface area (Å²) >= 11 is 6.01. The van der Waals surface area contributed by atoms with E-state index in [4.69, 9.17) is 11.6 Å². The number of hydrogen-bond donors (Lipinski definition) is 1. The first kappa shape index (κ1) is 15.1. The van der Waals surface area contributed by atoms with E-state index in [1.165, 1.54) is 6.42 Å². The van der Waals surface area contributed by atoms with E-state index in [2.05, 4.69) is 36.2 Å². The van der Waals surface area contributed by atoms with Gasteiger partial charge in [0.2, 0.25) is 0 Å². The number of fused-ring (bicyclic) bond motifs is 1. The van der Waals surface area contributed by atoms with Crippen LogP contribution >= 0.6 is 11.6 Å². The van der Waals surface area contributed by atoms with Crippen molar-refractivity contribution in [2.24, 2.45) is 0 Å². The molecule has 0 amide bonds. The zero-order valence-corrected chi connectivity index (χ0v) is 13.1. The van der Waals surface area contributed by atoms with Crippen molar-refractivity contribution in [1.82, 2.24) is 9.88 Å². The SMILES string of the molecule is C[C@H](CCCN(C)C)Nc1ccnc2cc(Cl)ccc12. The fraction of sp³-hybridized carbons (Fsp3) is 0.438. The minimum Gasteiger partial charge on any atom is -0.382 e. The van der Waals surface area contributed by atoms with Crippen LogP contribution < -0.4 is 5.32 Å². The van der Waals surface area contributed by atoms with E-state index in [1.807, 2.05) is 30.5 Å². The molecule has 20 heavy (non-hydrogen) atoms. The minimum atomic E-state index is 0.441. The number of benzene rings is 1. The van der Waals surface area contributed by atoms with Crippen molar-refractivity contribution < 1.29 is 0 Å². The summed E-state index contributed by atoms with van der Waals surface area (Å²) < 4.78 is 0. The quantitative estimate of drug-likeness (QED) is 0.871. The molecule has 0 fully saturated rings. The van der Waals surface area contributed by atoms with E-state index < -0.39 is 0 Å². The molecule has 3 nitrogen and oxygen atoms in total. The van der Waals surface area contributed by atoms with Crippen molar-refractivity contribution in [3.63, 3.8) is 0 Å². The van der Waals surface area contributed by atoms with Crippen molar-refractivity contribution in [1.29, 1.82) is 0 Å². The normalized spacial score (nSPS) is 12.8. The maximum atomic E-state index is 6.01. The van der Waals surface area contributed by atoms with Crippen molar-refractivity contribution in [3.8, 4) is 0 Å². The Morgan fingerprint density at radius 3 is 2.85 bits per heavy atom. The molecule has 0 radical (unpaired) electrons. The minimum absolute atomic E-state index is 0.441. The molecule has 2 rings (SSSR count). The van der Waals surface area contributed by atoms with Gasteiger partial charge in [0.25, 0.3) is 0 Å². The predicted molar refractivity (Wildman–Crippen MR) is 87.6 cm³/mol. The third-order valence-corrected chi connectivity index (χ3v) is 3.58. The smallest absolute Gasteiger partial charge is 0.0737 e. The van der Waals surface area contributed by atoms with Gasteiger partial charge in [0.15, 0.2) is 0 Å². The first-order chi connectivity index (χ1) is 9.56. The summed E-state index contributed by atoms with van der Waals surface area (Å²) in [5.41, 5.74) is 2.06. The molecule has 1 heterocycles. The molecular formula is C16H22ClN3. The van der Waals surface area contributed by atoms with Crippen LogP contribution in [0.1, 0.15) is 19.8 Å². The van der Waals surface area contributed by atoms with Gasteiger partial charge in [-0.1, -0.05) is 11.6 Å². The lowest BCUT2D eigenvalue weighted by atomic mass is 10.1. The molecule has 0 aliphatic rings. The molecule has 2 aromatic rings. The first-order valence-corrected chi connectivity index (χ1v) is 7.39. The second-order valence-corrected chi connectivity index (χ2v) is 5.95. The van der Waals surface area contributed by atoms with E-state index in [-0.39, 0.29) is 0 Å². The number of hydrogen-bond acceptors (Lipinski definition) is 3. The van der Waals surface area contributed by atoms with Gasteiger partial charge in [-0.25, -0.2) is 0 Å². The fourth-order valence-electron chi connectivity index (χ4n) is 2.30. The number of aromatic nitrogens is 1. The zero-order chi connectivity index (χ0) is 14.5. The Balaban J connectivity index is 2.05. The van der Waals surface area contributed by atoms with E-state index in [9.17, 15) is 0 Å². The lowest BCUT2D eigenvalue weighted by Gasteiger charge is -2.18. The van der Waals surface area contributed by atoms with Gasteiger partial charge in [-0.2, -0.15) is 0 Å². The summed E-state index contributed by atoms with van der Waals surface area (Å²) in [7, 11) is 4.22. The summed E-state index contributed by atoms with van der Waals surface area (Å²) in [4.78, 5) is 6.58. The first-order valence-electron chi connectivity index (χ1n) is 7.02. The lowest BCUT2D eigenvalue weighted by Crippen LogP contribution is -2.19. The van der Waals surface area contributed by atoms with Crippen LogP contribution in [0.2, 0.25) is 5.02 Å². The zero-order valence-electron chi connectivity index (χ0n) is 12.4. The van der Waals surface area contributed by atoms with Gasteiger partial charge in [0.1, 0.15) is 0 Å². The molecule has 1 aromatic carbocycles. The Labute approximate surface area is 126 Å². The van der Waals surface area contributed by atoms with E-state index >= 15 is 0 Å². The highest BCUT2D eigenvalue weighted by atomic mass is 35.5. The number of anilines is 1. The highest BCUT2D eigenvalue weighted by Gasteiger charge is 2.06. The Morgan fingerprint density at radius 1 is 1.30 bits per heavy atom. The van der Waals surface area contributed by atoms with Crippen LogP contribution in [0.25, 0.3) is 10.9 Å². The van der Waals surface area contributed by atoms with Crippen molar-refractivity contribution >= 4 is 28.2 Å². The molecule has 0 spiro atoms. The Kier molecular flexibility index (Phi) is 5.21. The molecule has 108 valence electrons. The van der Waals surface area contributed by atoms with Crippen LogP contribution in [0.3, 0.4) is 0 Å². The van der Waals surface area contributed by atoms with Crippen LogP contribution in [0.5, 0.6) is 0 Å². The number of rotatable bonds is 6. The van der Waals surface area contributed by atoms with Crippen molar-refractivity contribution in [3.05, 3.63) is 35.5 Å². The van der Waals surface area contributed by atoms with Crippen molar-refractivity contribution in [2.75, 3.05) is 26.0 Å². The Bertz CT molecular complexity index is 569. The van der Waals surface area contributed by atoms with Gasteiger partial charge in [0, 0.05) is 28.3 Å². The Morgan fingerprint density at radius 2 is 2.10 bits per heavy atom. The van der Waals surface area contributed by atoms with Gasteiger partial charge >= 0.3 is 0 Å². The van der Waals surface area contributed by atoms with Crippen LogP contribution in [0, 0.1) is 0 Å². The molecule has 0 aliphatic heterocycles.